The molecule has 3 aromatic rings. The quantitative estimate of drug-likeness (QED) is 0.526. The summed E-state index contributed by atoms with van der Waals surface area (Å²) in [5, 5.41) is 1.68. The van der Waals surface area contributed by atoms with Crippen molar-refractivity contribution >= 4 is 34.3 Å². The third-order valence-corrected chi connectivity index (χ3v) is 4.70. The Hall–Kier alpha value is -1.51. The number of fused-ring (bicyclic) bond motifs is 1. The van der Waals surface area contributed by atoms with Crippen LogP contribution >= 0.6 is 23.4 Å². The van der Waals surface area contributed by atoms with Gasteiger partial charge in [-0.05, 0) is 42.2 Å². The van der Waals surface area contributed by atoms with Crippen molar-refractivity contribution in [1.82, 2.24) is 4.98 Å². The van der Waals surface area contributed by atoms with Gasteiger partial charge in [0, 0.05) is 15.2 Å². The van der Waals surface area contributed by atoms with E-state index in [0.29, 0.717) is 11.1 Å². The maximum absolute atomic E-state index is 6.15. The van der Waals surface area contributed by atoms with Gasteiger partial charge >= 0.3 is 0 Å². The Morgan fingerprint density at radius 1 is 1.05 bits per heavy atom. The van der Waals surface area contributed by atoms with Gasteiger partial charge in [0.25, 0.3) is 0 Å². The Kier molecular flexibility index (Phi) is 4.70. The van der Waals surface area contributed by atoms with Crippen molar-refractivity contribution < 1.29 is 0 Å². The van der Waals surface area contributed by atoms with Crippen molar-refractivity contribution in [3.63, 3.8) is 0 Å². The Balaban J connectivity index is 1.90. The molecule has 0 N–H and O–H groups in total. The van der Waals surface area contributed by atoms with E-state index in [4.69, 9.17) is 11.6 Å². The normalized spacial score (nSPS) is 11.3. The van der Waals surface area contributed by atoms with E-state index < -0.39 is 0 Å². The van der Waals surface area contributed by atoms with Crippen LogP contribution in [0, 0.1) is 5.92 Å². The summed E-state index contributed by atoms with van der Waals surface area (Å²) in [6, 6.07) is 18.9. The fourth-order valence-corrected chi connectivity index (χ4v) is 3.73. The Morgan fingerprint density at radius 2 is 1.77 bits per heavy atom. The van der Waals surface area contributed by atoms with Crippen molar-refractivity contribution in [2.45, 2.75) is 30.1 Å². The molecular formula is C19H18ClNS. The highest BCUT2D eigenvalue weighted by Gasteiger charge is 2.07. The average molecular weight is 328 g/mol. The van der Waals surface area contributed by atoms with Crippen LogP contribution < -0.4 is 0 Å². The predicted molar refractivity (Wildman–Crippen MR) is 95.9 cm³/mol. The van der Waals surface area contributed by atoms with Gasteiger partial charge in [-0.15, -0.1) is 0 Å². The molecule has 0 saturated carbocycles. The van der Waals surface area contributed by atoms with Gasteiger partial charge in [-0.1, -0.05) is 67.5 Å². The second-order valence-corrected chi connectivity index (χ2v) is 7.31. The molecule has 2 aromatic carbocycles. The molecule has 0 unspecified atom stereocenters. The number of halogens is 1. The highest BCUT2D eigenvalue weighted by molar-refractivity contribution is 7.99. The van der Waals surface area contributed by atoms with E-state index in [1.165, 1.54) is 10.5 Å². The van der Waals surface area contributed by atoms with Crippen molar-refractivity contribution in [3.05, 3.63) is 65.3 Å². The summed E-state index contributed by atoms with van der Waals surface area (Å²) in [6.45, 7) is 4.49. The number of nitrogens with zero attached hydrogens (tertiary/aromatic N) is 1. The average Bonchev–Trinajstić information content (AvgIpc) is 2.48. The van der Waals surface area contributed by atoms with Crippen LogP contribution in [0.25, 0.3) is 10.9 Å². The van der Waals surface area contributed by atoms with Gasteiger partial charge < -0.3 is 0 Å². The molecule has 0 spiro atoms. The summed E-state index contributed by atoms with van der Waals surface area (Å²) < 4.78 is 0. The monoisotopic (exact) mass is 327 g/mol. The van der Waals surface area contributed by atoms with Crippen molar-refractivity contribution in [3.8, 4) is 0 Å². The van der Waals surface area contributed by atoms with E-state index in [1.54, 1.807) is 11.8 Å². The van der Waals surface area contributed by atoms with Crippen LogP contribution in [-0.2, 0) is 6.42 Å². The summed E-state index contributed by atoms with van der Waals surface area (Å²) in [5.41, 5.74) is 2.32. The lowest BCUT2D eigenvalue weighted by Crippen LogP contribution is -1.93. The highest BCUT2D eigenvalue weighted by Crippen LogP contribution is 2.34. The first-order valence-electron chi connectivity index (χ1n) is 7.44. The van der Waals surface area contributed by atoms with Gasteiger partial charge in [-0.3, -0.25) is 0 Å². The molecule has 0 amide bonds. The number of hydrogen-bond donors (Lipinski definition) is 0. The molecular weight excluding hydrogens is 310 g/mol. The zero-order chi connectivity index (χ0) is 15.5. The number of benzene rings is 2. The van der Waals surface area contributed by atoms with Crippen LogP contribution in [-0.4, -0.2) is 4.98 Å². The fourth-order valence-electron chi connectivity index (χ4n) is 2.49. The van der Waals surface area contributed by atoms with Gasteiger partial charge in [0.15, 0.2) is 0 Å². The lowest BCUT2D eigenvalue weighted by molar-refractivity contribution is 0.647. The summed E-state index contributed by atoms with van der Waals surface area (Å²) >= 11 is 7.88. The zero-order valence-corrected chi connectivity index (χ0v) is 14.3. The Bertz CT molecular complexity index is 781. The lowest BCUT2D eigenvalue weighted by Gasteiger charge is -2.08. The second-order valence-electron chi connectivity index (χ2n) is 5.80. The van der Waals surface area contributed by atoms with E-state index in [0.717, 1.165) is 22.2 Å². The summed E-state index contributed by atoms with van der Waals surface area (Å²) in [4.78, 5) is 6.74. The largest absolute Gasteiger partial charge is 0.236 e. The maximum Gasteiger partial charge on any atom is 0.130 e. The Labute approximate surface area is 140 Å². The SMILES string of the molecule is CC(C)Cc1ccc(Sc2cc(Cl)nc3ccccc23)cc1. The molecule has 0 radical (unpaired) electrons. The van der Waals surface area contributed by atoms with Gasteiger partial charge in [-0.2, -0.15) is 0 Å². The molecule has 0 atom stereocenters. The van der Waals surface area contributed by atoms with Crippen molar-refractivity contribution in [1.29, 1.82) is 0 Å². The zero-order valence-electron chi connectivity index (χ0n) is 12.7. The number of aromatic nitrogens is 1. The van der Waals surface area contributed by atoms with Crippen LogP contribution in [0.3, 0.4) is 0 Å². The van der Waals surface area contributed by atoms with Crippen LogP contribution in [0.1, 0.15) is 19.4 Å². The van der Waals surface area contributed by atoms with Crippen LogP contribution in [0.5, 0.6) is 0 Å². The van der Waals surface area contributed by atoms with Gasteiger partial charge in [-0.25, -0.2) is 4.98 Å². The number of hydrogen-bond acceptors (Lipinski definition) is 2. The molecule has 0 bridgehead atoms. The maximum atomic E-state index is 6.15. The third kappa shape index (κ3) is 3.63. The Morgan fingerprint density at radius 3 is 2.50 bits per heavy atom. The smallest absolute Gasteiger partial charge is 0.130 e. The summed E-state index contributed by atoms with van der Waals surface area (Å²) in [7, 11) is 0. The molecule has 1 nitrogen and oxygen atoms in total. The molecule has 0 aliphatic carbocycles. The van der Waals surface area contributed by atoms with E-state index in [1.807, 2.05) is 24.3 Å². The third-order valence-electron chi connectivity index (χ3n) is 3.44. The van der Waals surface area contributed by atoms with E-state index in [-0.39, 0.29) is 0 Å². The first kappa shape index (κ1) is 15.4. The standard InChI is InChI=1S/C19H18ClNS/c1-13(2)11-14-7-9-15(10-8-14)22-18-12-19(20)21-17-6-4-3-5-16(17)18/h3-10,12-13H,11H2,1-2H3. The molecule has 112 valence electrons. The topological polar surface area (TPSA) is 12.9 Å². The summed E-state index contributed by atoms with van der Waals surface area (Å²) in [5.74, 6) is 0.682. The molecule has 22 heavy (non-hydrogen) atoms. The van der Waals surface area contributed by atoms with Gasteiger partial charge in [0.2, 0.25) is 0 Å². The molecule has 0 aliphatic heterocycles. The number of pyridine rings is 1. The minimum Gasteiger partial charge on any atom is -0.236 e. The van der Waals surface area contributed by atoms with Crippen LogP contribution in [0.15, 0.2) is 64.4 Å². The minimum atomic E-state index is 0.539. The van der Waals surface area contributed by atoms with Gasteiger partial charge in [0.05, 0.1) is 5.52 Å². The predicted octanol–water partition coefficient (Wildman–Crippen LogP) is 6.24. The highest BCUT2D eigenvalue weighted by atomic mass is 35.5. The second kappa shape index (κ2) is 6.72. The first-order chi connectivity index (χ1) is 10.6. The molecule has 0 saturated heterocycles. The lowest BCUT2D eigenvalue weighted by atomic mass is 10.0. The minimum absolute atomic E-state index is 0.539. The van der Waals surface area contributed by atoms with E-state index in [9.17, 15) is 0 Å². The van der Waals surface area contributed by atoms with E-state index >= 15 is 0 Å². The molecule has 1 heterocycles. The van der Waals surface area contributed by atoms with Crippen LogP contribution in [0.4, 0.5) is 0 Å². The van der Waals surface area contributed by atoms with Crippen LogP contribution in [0.2, 0.25) is 5.15 Å². The summed E-state index contributed by atoms with van der Waals surface area (Å²) in [6.07, 6.45) is 1.12. The first-order valence-corrected chi connectivity index (χ1v) is 8.63. The molecule has 1 aromatic heterocycles. The van der Waals surface area contributed by atoms with Crippen molar-refractivity contribution in [2.75, 3.05) is 0 Å². The van der Waals surface area contributed by atoms with E-state index in [2.05, 4.69) is 49.2 Å². The number of rotatable bonds is 4. The molecule has 3 heteroatoms. The van der Waals surface area contributed by atoms with Gasteiger partial charge in [0.1, 0.15) is 5.15 Å². The molecule has 0 aliphatic rings. The molecule has 3 rings (SSSR count). The van der Waals surface area contributed by atoms with Crippen molar-refractivity contribution in [2.24, 2.45) is 5.92 Å². The fraction of sp³-hybridized carbons (Fsp3) is 0.211. The number of para-hydroxylation sites is 1. The molecule has 0 fully saturated rings.